The molecule has 0 saturated carbocycles. The van der Waals surface area contributed by atoms with E-state index in [4.69, 9.17) is 14.2 Å². The van der Waals surface area contributed by atoms with Gasteiger partial charge in [0.25, 0.3) is 5.91 Å². The summed E-state index contributed by atoms with van der Waals surface area (Å²) in [5, 5.41) is 0. The Morgan fingerprint density at radius 3 is 2.30 bits per heavy atom. The molecule has 0 aromatic rings. The third kappa shape index (κ3) is 3.49. The molecule has 0 aromatic carbocycles. The number of esters is 2. The van der Waals surface area contributed by atoms with Crippen LogP contribution < -0.4 is 0 Å². The second-order valence-corrected chi connectivity index (χ2v) is 4.25. The first-order valence-corrected chi connectivity index (χ1v) is 6.35. The van der Waals surface area contributed by atoms with Crippen molar-refractivity contribution in [1.82, 2.24) is 4.90 Å². The van der Waals surface area contributed by atoms with Crippen molar-refractivity contribution in [3.05, 3.63) is 12.3 Å². The Morgan fingerprint density at radius 1 is 1.35 bits per heavy atom. The number of hydrogen-bond acceptors (Lipinski definition) is 6. The first kappa shape index (κ1) is 16.0. The number of likely N-dealkylation sites (N-methyl/N-ethyl adjacent to an activating group) is 1. The predicted molar refractivity (Wildman–Crippen MR) is 68.4 cm³/mol. The van der Waals surface area contributed by atoms with Gasteiger partial charge in [-0.05, 0) is 13.8 Å². The number of carbonyl (C=O) groups is 3. The van der Waals surface area contributed by atoms with E-state index in [2.05, 4.69) is 6.58 Å². The van der Waals surface area contributed by atoms with Gasteiger partial charge in [-0.15, -0.1) is 0 Å². The summed E-state index contributed by atoms with van der Waals surface area (Å²) in [6.45, 7) is 7.23. The average molecular weight is 285 g/mol. The highest BCUT2D eigenvalue weighted by Crippen LogP contribution is 2.22. The number of nitrogens with zero attached hydrogens (tertiary/aromatic N) is 1. The fourth-order valence-electron chi connectivity index (χ4n) is 1.85. The Bertz CT molecular complexity index is 401. The SMILES string of the molecule is C=C1CN(C)C(=O)C(C(C(=O)OCC)C(=O)OCC)O1. The maximum absolute atomic E-state index is 12.1. The maximum Gasteiger partial charge on any atom is 0.324 e. The molecule has 1 atom stereocenters. The van der Waals surface area contributed by atoms with Gasteiger partial charge in [-0.2, -0.15) is 0 Å². The Kier molecular flexibility index (Phi) is 5.54. The van der Waals surface area contributed by atoms with E-state index < -0.39 is 29.9 Å². The van der Waals surface area contributed by atoms with Crippen LogP contribution in [-0.2, 0) is 28.6 Å². The van der Waals surface area contributed by atoms with Gasteiger partial charge in [0.15, 0.2) is 5.92 Å². The fourth-order valence-corrected chi connectivity index (χ4v) is 1.85. The summed E-state index contributed by atoms with van der Waals surface area (Å²) in [6, 6.07) is 0. The number of carbonyl (C=O) groups excluding carboxylic acids is 3. The molecule has 112 valence electrons. The molecule has 1 aliphatic rings. The molecule has 0 bridgehead atoms. The van der Waals surface area contributed by atoms with Crippen LogP contribution in [0.1, 0.15) is 13.8 Å². The van der Waals surface area contributed by atoms with Crippen molar-refractivity contribution < 1.29 is 28.6 Å². The summed E-state index contributed by atoms with van der Waals surface area (Å²) in [4.78, 5) is 37.2. The molecule has 1 rings (SSSR count). The summed E-state index contributed by atoms with van der Waals surface area (Å²) in [5.74, 6) is -3.30. The Hall–Kier alpha value is -2.05. The minimum Gasteiger partial charge on any atom is -0.482 e. The monoisotopic (exact) mass is 285 g/mol. The van der Waals surface area contributed by atoms with Gasteiger partial charge in [-0.3, -0.25) is 14.4 Å². The highest BCUT2D eigenvalue weighted by Gasteiger charge is 2.46. The lowest BCUT2D eigenvalue weighted by molar-refractivity contribution is -0.175. The molecule has 1 fully saturated rings. The molecular weight excluding hydrogens is 266 g/mol. The summed E-state index contributed by atoms with van der Waals surface area (Å²) in [7, 11) is 1.54. The lowest BCUT2D eigenvalue weighted by Gasteiger charge is -2.33. The zero-order valence-electron chi connectivity index (χ0n) is 11.9. The molecule has 7 heteroatoms. The Morgan fingerprint density at radius 2 is 1.85 bits per heavy atom. The molecule has 1 amide bonds. The van der Waals surface area contributed by atoms with Gasteiger partial charge in [0.05, 0.1) is 19.8 Å². The largest absolute Gasteiger partial charge is 0.482 e. The molecular formula is C13H19NO6. The molecule has 1 saturated heterocycles. The number of amides is 1. The summed E-state index contributed by atoms with van der Waals surface area (Å²) < 4.78 is 14.9. The number of hydrogen-bond donors (Lipinski definition) is 0. The van der Waals surface area contributed by atoms with Crippen LogP contribution in [0.25, 0.3) is 0 Å². The van der Waals surface area contributed by atoms with Gasteiger partial charge in [0, 0.05) is 7.05 Å². The predicted octanol–water partition coefficient (Wildman–Crippen LogP) is 0.0997. The van der Waals surface area contributed by atoms with E-state index in [0.29, 0.717) is 5.76 Å². The van der Waals surface area contributed by atoms with Crippen LogP contribution in [0.4, 0.5) is 0 Å². The van der Waals surface area contributed by atoms with Crippen LogP contribution in [0, 0.1) is 5.92 Å². The zero-order chi connectivity index (χ0) is 15.3. The summed E-state index contributed by atoms with van der Waals surface area (Å²) in [6.07, 6.45) is -1.29. The molecule has 0 aromatic heterocycles. The molecule has 7 nitrogen and oxygen atoms in total. The smallest absolute Gasteiger partial charge is 0.324 e. The summed E-state index contributed by atoms with van der Waals surface area (Å²) >= 11 is 0. The zero-order valence-corrected chi connectivity index (χ0v) is 11.9. The van der Waals surface area contributed by atoms with E-state index >= 15 is 0 Å². The number of rotatable bonds is 5. The lowest BCUT2D eigenvalue weighted by atomic mass is 10.00. The van der Waals surface area contributed by atoms with Crippen molar-refractivity contribution in [2.24, 2.45) is 5.92 Å². The average Bonchev–Trinajstić information content (AvgIpc) is 2.36. The second kappa shape index (κ2) is 6.93. The minimum atomic E-state index is -1.44. The molecule has 1 heterocycles. The topological polar surface area (TPSA) is 82.1 Å². The van der Waals surface area contributed by atoms with Crippen LogP contribution in [0.5, 0.6) is 0 Å². The van der Waals surface area contributed by atoms with Crippen LogP contribution in [-0.4, -0.2) is 55.7 Å². The molecule has 20 heavy (non-hydrogen) atoms. The van der Waals surface area contributed by atoms with Crippen molar-refractivity contribution >= 4 is 17.8 Å². The quantitative estimate of drug-likeness (QED) is 0.526. The van der Waals surface area contributed by atoms with Gasteiger partial charge in [-0.25, -0.2) is 0 Å². The van der Waals surface area contributed by atoms with Crippen LogP contribution in [0.3, 0.4) is 0 Å². The molecule has 0 N–H and O–H groups in total. The standard InChI is InChI=1S/C13H19NO6/c1-5-18-12(16)9(13(17)19-6-2)10-11(15)14(4)7-8(3)20-10/h9-10H,3,5-7H2,1-2,4H3. The van der Waals surface area contributed by atoms with Crippen molar-refractivity contribution in [2.75, 3.05) is 26.8 Å². The van der Waals surface area contributed by atoms with Gasteiger partial charge < -0.3 is 19.1 Å². The molecule has 0 spiro atoms. The minimum absolute atomic E-state index is 0.0897. The Balaban J connectivity index is 3.01. The second-order valence-electron chi connectivity index (χ2n) is 4.25. The van der Waals surface area contributed by atoms with Crippen molar-refractivity contribution in [3.8, 4) is 0 Å². The number of ether oxygens (including phenoxy) is 3. The highest BCUT2D eigenvalue weighted by atomic mass is 16.6. The van der Waals surface area contributed by atoms with Gasteiger partial charge in [0.2, 0.25) is 6.10 Å². The van der Waals surface area contributed by atoms with E-state index in [-0.39, 0.29) is 19.8 Å². The molecule has 1 unspecified atom stereocenters. The first-order valence-electron chi connectivity index (χ1n) is 6.35. The third-order valence-electron chi connectivity index (χ3n) is 2.71. The van der Waals surface area contributed by atoms with Crippen molar-refractivity contribution in [1.29, 1.82) is 0 Å². The van der Waals surface area contributed by atoms with Gasteiger partial charge in [-0.1, -0.05) is 6.58 Å². The van der Waals surface area contributed by atoms with E-state index in [1.807, 2.05) is 0 Å². The van der Waals surface area contributed by atoms with Crippen molar-refractivity contribution in [2.45, 2.75) is 20.0 Å². The highest BCUT2D eigenvalue weighted by molar-refractivity contribution is 6.01. The van der Waals surface area contributed by atoms with E-state index in [0.717, 1.165) is 0 Å². The third-order valence-corrected chi connectivity index (χ3v) is 2.71. The van der Waals surface area contributed by atoms with Gasteiger partial charge >= 0.3 is 11.9 Å². The lowest BCUT2D eigenvalue weighted by Crippen LogP contribution is -2.52. The maximum atomic E-state index is 12.1. The molecule has 0 aliphatic carbocycles. The van der Waals surface area contributed by atoms with E-state index in [1.165, 1.54) is 11.9 Å². The van der Waals surface area contributed by atoms with Crippen LogP contribution in [0.2, 0.25) is 0 Å². The van der Waals surface area contributed by atoms with Crippen LogP contribution in [0.15, 0.2) is 12.3 Å². The molecule has 1 aliphatic heterocycles. The first-order chi connectivity index (χ1) is 9.42. The Labute approximate surface area is 117 Å². The van der Waals surface area contributed by atoms with Crippen molar-refractivity contribution in [3.63, 3.8) is 0 Å². The normalized spacial score (nSPS) is 18.8. The van der Waals surface area contributed by atoms with Gasteiger partial charge in [0.1, 0.15) is 5.76 Å². The number of morpholine rings is 1. The van der Waals surface area contributed by atoms with Crippen LogP contribution >= 0.6 is 0 Å². The van der Waals surface area contributed by atoms with E-state index in [9.17, 15) is 14.4 Å². The summed E-state index contributed by atoms with van der Waals surface area (Å²) in [5.41, 5.74) is 0. The molecule has 0 radical (unpaired) electrons. The fraction of sp³-hybridized carbons (Fsp3) is 0.615. The van der Waals surface area contributed by atoms with E-state index in [1.54, 1.807) is 13.8 Å².